The van der Waals surface area contributed by atoms with Gasteiger partial charge >= 0.3 is 0 Å². The smallest absolute Gasteiger partial charge is 0.255 e. The maximum atomic E-state index is 12.3. The summed E-state index contributed by atoms with van der Waals surface area (Å²) in [5, 5.41) is 8.57. The van der Waals surface area contributed by atoms with Crippen LogP contribution in [0.3, 0.4) is 0 Å². The summed E-state index contributed by atoms with van der Waals surface area (Å²) in [6.45, 7) is 0.0709. The molecule has 0 saturated heterocycles. The highest BCUT2D eigenvalue weighted by atomic mass is 35.5. The van der Waals surface area contributed by atoms with Gasteiger partial charge in [0, 0.05) is 26.9 Å². The molecule has 7 nitrogen and oxygen atoms in total. The van der Waals surface area contributed by atoms with Gasteiger partial charge in [0.2, 0.25) is 5.91 Å². The molecule has 3 rings (SSSR count). The van der Waals surface area contributed by atoms with Gasteiger partial charge in [-0.1, -0.05) is 23.2 Å². The molecule has 0 atom stereocenters. The Morgan fingerprint density at radius 1 is 0.833 bits per heavy atom. The van der Waals surface area contributed by atoms with Gasteiger partial charge in [0.1, 0.15) is 5.76 Å². The Morgan fingerprint density at radius 2 is 1.53 bits per heavy atom. The molecule has 0 bridgehead atoms. The maximum Gasteiger partial charge on any atom is 0.255 e. The summed E-state index contributed by atoms with van der Waals surface area (Å²) in [6.07, 6.45) is 1.51. The van der Waals surface area contributed by atoms with Crippen molar-refractivity contribution in [1.29, 1.82) is 0 Å². The molecule has 3 N–H and O–H groups in total. The van der Waals surface area contributed by atoms with Gasteiger partial charge in [-0.05, 0) is 54.6 Å². The first-order valence-corrected chi connectivity index (χ1v) is 9.61. The topological polar surface area (TPSA) is 100 Å². The van der Waals surface area contributed by atoms with E-state index in [0.717, 1.165) is 0 Å². The molecule has 9 heteroatoms. The van der Waals surface area contributed by atoms with E-state index < -0.39 is 5.91 Å². The number of benzene rings is 2. The predicted octanol–water partition coefficient (Wildman–Crippen LogP) is 3.88. The summed E-state index contributed by atoms with van der Waals surface area (Å²) in [6, 6.07) is 14.2. The van der Waals surface area contributed by atoms with Gasteiger partial charge in [-0.25, -0.2) is 0 Å². The van der Waals surface area contributed by atoms with Gasteiger partial charge in [-0.15, -0.1) is 0 Å². The molecule has 2 aromatic carbocycles. The number of hydrogen-bond acceptors (Lipinski definition) is 4. The van der Waals surface area contributed by atoms with E-state index in [9.17, 15) is 14.4 Å². The van der Waals surface area contributed by atoms with Crippen LogP contribution in [-0.4, -0.2) is 24.3 Å². The Balaban J connectivity index is 1.50. The van der Waals surface area contributed by atoms with Crippen LogP contribution in [0.15, 0.2) is 65.3 Å². The van der Waals surface area contributed by atoms with Gasteiger partial charge in [0.25, 0.3) is 11.8 Å². The minimum Gasteiger partial charge on any atom is -0.467 e. The number of amides is 3. The quantitative estimate of drug-likeness (QED) is 0.513. The zero-order chi connectivity index (χ0) is 21.5. The van der Waals surface area contributed by atoms with Crippen LogP contribution in [0.5, 0.6) is 0 Å². The second kappa shape index (κ2) is 9.96. The molecule has 3 amide bonds. The van der Waals surface area contributed by atoms with Gasteiger partial charge in [-0.2, -0.15) is 0 Å². The summed E-state index contributed by atoms with van der Waals surface area (Å²) in [4.78, 5) is 36.3. The fraction of sp³-hybridized carbons (Fsp3) is 0.0952. The van der Waals surface area contributed by atoms with Crippen LogP contribution in [-0.2, 0) is 11.3 Å². The Hall–Kier alpha value is -3.29. The molecule has 3 aromatic rings. The van der Waals surface area contributed by atoms with Gasteiger partial charge < -0.3 is 20.4 Å². The molecule has 0 spiro atoms. The van der Waals surface area contributed by atoms with E-state index in [2.05, 4.69) is 16.0 Å². The lowest BCUT2D eigenvalue weighted by molar-refractivity contribution is -0.120. The summed E-state index contributed by atoms with van der Waals surface area (Å²) < 4.78 is 5.11. The van der Waals surface area contributed by atoms with Crippen molar-refractivity contribution in [3.05, 3.63) is 87.8 Å². The number of halogens is 2. The highest BCUT2D eigenvalue weighted by molar-refractivity contribution is 6.35. The molecule has 0 unspecified atom stereocenters. The zero-order valence-corrected chi connectivity index (χ0v) is 17.1. The van der Waals surface area contributed by atoms with E-state index in [4.69, 9.17) is 27.6 Å². The van der Waals surface area contributed by atoms with Crippen molar-refractivity contribution in [2.75, 3.05) is 11.9 Å². The van der Waals surface area contributed by atoms with Gasteiger partial charge in [0.05, 0.1) is 19.4 Å². The Labute approximate surface area is 182 Å². The molecule has 154 valence electrons. The van der Waals surface area contributed by atoms with Gasteiger partial charge in [0.15, 0.2) is 0 Å². The van der Waals surface area contributed by atoms with Crippen LogP contribution in [0.4, 0.5) is 5.69 Å². The lowest BCUT2D eigenvalue weighted by Crippen LogP contribution is -2.36. The molecule has 1 aromatic heterocycles. The molecule has 30 heavy (non-hydrogen) atoms. The molecule has 1 heterocycles. The molecular weight excluding hydrogens is 429 g/mol. The molecule has 0 aliphatic heterocycles. The fourth-order valence-corrected chi connectivity index (χ4v) is 3.04. The summed E-state index contributed by atoms with van der Waals surface area (Å²) in [5.41, 5.74) is 1.15. The van der Waals surface area contributed by atoms with Crippen molar-refractivity contribution in [1.82, 2.24) is 10.6 Å². The van der Waals surface area contributed by atoms with E-state index in [1.807, 2.05) is 0 Å². The standard InChI is InChI=1S/C21H17Cl2N3O4/c22-15-8-14(9-16(23)10-15)21(29)26-17-5-3-13(4-6-17)20(28)25-12-19(27)24-11-18-2-1-7-30-18/h1-10H,11-12H2,(H,24,27)(H,25,28)(H,26,29). The third-order valence-electron chi connectivity index (χ3n) is 3.98. The molecule has 0 saturated carbocycles. The number of carbonyl (C=O) groups is 3. The average Bonchev–Trinajstić information content (AvgIpc) is 3.24. The number of hydrogen-bond donors (Lipinski definition) is 3. The second-order valence-corrected chi connectivity index (χ2v) is 7.10. The van der Waals surface area contributed by atoms with Crippen LogP contribution < -0.4 is 16.0 Å². The van der Waals surface area contributed by atoms with Crippen LogP contribution in [0, 0.1) is 0 Å². The lowest BCUT2D eigenvalue weighted by atomic mass is 10.1. The Morgan fingerprint density at radius 3 is 2.17 bits per heavy atom. The highest BCUT2D eigenvalue weighted by Crippen LogP contribution is 2.20. The van der Waals surface area contributed by atoms with Crippen molar-refractivity contribution < 1.29 is 18.8 Å². The summed E-state index contributed by atoms with van der Waals surface area (Å²) >= 11 is 11.8. The Bertz CT molecular complexity index is 1030. The van der Waals surface area contributed by atoms with Crippen molar-refractivity contribution in [3.63, 3.8) is 0 Å². The third-order valence-corrected chi connectivity index (χ3v) is 4.42. The molecule has 0 fully saturated rings. The number of anilines is 1. The van der Waals surface area contributed by atoms with E-state index in [-0.39, 0.29) is 24.9 Å². The van der Waals surface area contributed by atoms with Crippen LogP contribution in [0.2, 0.25) is 10.0 Å². The van der Waals surface area contributed by atoms with E-state index >= 15 is 0 Å². The normalized spacial score (nSPS) is 10.3. The predicted molar refractivity (Wildman–Crippen MR) is 114 cm³/mol. The first kappa shape index (κ1) is 21.4. The molecular formula is C21H17Cl2N3O4. The Kier molecular flexibility index (Phi) is 7.11. The summed E-state index contributed by atoms with van der Waals surface area (Å²) in [7, 11) is 0. The average molecular weight is 446 g/mol. The first-order valence-electron chi connectivity index (χ1n) is 8.85. The van der Waals surface area contributed by atoms with Crippen LogP contribution in [0.1, 0.15) is 26.5 Å². The van der Waals surface area contributed by atoms with Gasteiger partial charge in [-0.3, -0.25) is 14.4 Å². The summed E-state index contributed by atoms with van der Waals surface area (Å²) in [5.74, 6) is -0.524. The van der Waals surface area contributed by atoms with Crippen molar-refractivity contribution in [3.8, 4) is 0 Å². The zero-order valence-electron chi connectivity index (χ0n) is 15.6. The molecule has 0 aliphatic rings. The van der Waals surface area contributed by atoms with E-state index in [0.29, 0.717) is 32.6 Å². The largest absolute Gasteiger partial charge is 0.467 e. The highest BCUT2D eigenvalue weighted by Gasteiger charge is 2.11. The third kappa shape index (κ3) is 6.10. The lowest BCUT2D eigenvalue weighted by Gasteiger charge is -2.08. The van der Waals surface area contributed by atoms with Crippen molar-refractivity contribution in [2.45, 2.75) is 6.54 Å². The number of carbonyl (C=O) groups excluding carboxylic acids is 3. The van der Waals surface area contributed by atoms with Crippen molar-refractivity contribution in [2.24, 2.45) is 0 Å². The molecule has 0 radical (unpaired) electrons. The number of rotatable bonds is 7. The van der Waals surface area contributed by atoms with Crippen LogP contribution >= 0.6 is 23.2 Å². The number of nitrogens with one attached hydrogen (secondary N) is 3. The van der Waals surface area contributed by atoms with Crippen molar-refractivity contribution >= 4 is 46.6 Å². The SMILES string of the molecule is O=C(CNC(=O)c1ccc(NC(=O)c2cc(Cl)cc(Cl)c2)cc1)NCc1ccco1. The molecule has 0 aliphatic carbocycles. The van der Waals surface area contributed by atoms with E-state index in [1.54, 1.807) is 24.3 Å². The van der Waals surface area contributed by atoms with Crippen LogP contribution in [0.25, 0.3) is 0 Å². The second-order valence-electron chi connectivity index (χ2n) is 6.23. The van der Waals surface area contributed by atoms with E-state index in [1.165, 1.54) is 36.6 Å². The minimum absolute atomic E-state index is 0.173. The fourth-order valence-electron chi connectivity index (χ4n) is 2.52. The minimum atomic E-state index is -0.414. The monoisotopic (exact) mass is 445 g/mol. The first-order chi connectivity index (χ1) is 14.4. The number of furan rings is 1. The maximum absolute atomic E-state index is 12.3.